The van der Waals surface area contributed by atoms with Gasteiger partial charge in [0.15, 0.2) is 5.13 Å². The quantitative estimate of drug-likeness (QED) is 0.711. The third-order valence-electron chi connectivity index (χ3n) is 6.04. The highest BCUT2D eigenvalue weighted by Crippen LogP contribution is 2.28. The van der Waals surface area contributed by atoms with Crippen LogP contribution in [0.15, 0.2) is 34.5 Å². The molecule has 2 aromatic rings. The smallest absolute Gasteiger partial charge is 0.244 e. The first-order valence-corrected chi connectivity index (χ1v) is 13.2. The van der Waals surface area contributed by atoms with Gasteiger partial charge in [0, 0.05) is 25.0 Å². The van der Waals surface area contributed by atoms with Crippen molar-refractivity contribution in [2.24, 2.45) is 5.92 Å². The van der Waals surface area contributed by atoms with Crippen molar-refractivity contribution in [2.75, 3.05) is 25.0 Å². The number of hydrogen-bond donors (Lipinski definition) is 1. The summed E-state index contributed by atoms with van der Waals surface area (Å²) in [7, 11) is -3.71. The molecular formula is C22H30N4O3S2. The number of rotatable bonds is 6. The van der Waals surface area contributed by atoms with Crippen molar-refractivity contribution < 1.29 is 13.2 Å². The number of hydrogen-bond acceptors (Lipinski definition) is 6. The Morgan fingerprint density at radius 2 is 1.94 bits per heavy atom. The summed E-state index contributed by atoms with van der Waals surface area (Å²) in [5.74, 6) is 0.399. The molecule has 2 aliphatic heterocycles. The lowest BCUT2D eigenvalue weighted by Gasteiger charge is -2.30. The van der Waals surface area contributed by atoms with E-state index in [0.717, 1.165) is 30.9 Å². The number of anilines is 1. The highest BCUT2D eigenvalue weighted by Gasteiger charge is 2.39. The first-order chi connectivity index (χ1) is 14.8. The fraction of sp³-hybridized carbons (Fsp3) is 0.545. The van der Waals surface area contributed by atoms with Gasteiger partial charge < -0.3 is 5.32 Å². The Kier molecular flexibility index (Phi) is 6.76. The van der Waals surface area contributed by atoms with E-state index < -0.39 is 16.1 Å². The number of likely N-dealkylation sites (tertiary alicyclic amines) is 1. The summed E-state index contributed by atoms with van der Waals surface area (Å²) < 4.78 is 27.5. The number of nitrogens with zero attached hydrogens (tertiary/aromatic N) is 3. The number of thiazole rings is 1. The number of aromatic nitrogens is 1. The molecule has 0 radical (unpaired) electrons. The number of aryl methyl sites for hydroxylation is 1. The maximum absolute atomic E-state index is 13.1. The van der Waals surface area contributed by atoms with Gasteiger partial charge in [0.2, 0.25) is 15.9 Å². The van der Waals surface area contributed by atoms with Crippen LogP contribution in [0.1, 0.15) is 43.9 Å². The van der Waals surface area contributed by atoms with Crippen molar-refractivity contribution in [3.63, 3.8) is 0 Å². The van der Waals surface area contributed by atoms with Crippen molar-refractivity contribution in [3.8, 4) is 0 Å². The van der Waals surface area contributed by atoms with Crippen LogP contribution >= 0.6 is 11.3 Å². The molecule has 1 amide bonds. The van der Waals surface area contributed by atoms with Gasteiger partial charge in [-0.15, -0.1) is 11.3 Å². The average Bonchev–Trinajstić information content (AvgIpc) is 3.38. The molecule has 31 heavy (non-hydrogen) atoms. The average molecular weight is 463 g/mol. The van der Waals surface area contributed by atoms with Crippen LogP contribution in [0, 0.1) is 12.8 Å². The molecule has 2 atom stereocenters. The molecule has 168 valence electrons. The summed E-state index contributed by atoms with van der Waals surface area (Å²) in [6.45, 7) is 7.48. The number of nitrogens with one attached hydrogen (secondary N) is 1. The molecule has 4 rings (SSSR count). The minimum Gasteiger partial charge on any atom is -0.301 e. The summed E-state index contributed by atoms with van der Waals surface area (Å²) in [5.41, 5.74) is 1.94. The molecule has 0 saturated carbocycles. The lowest BCUT2D eigenvalue weighted by Crippen LogP contribution is -2.43. The second-order valence-electron chi connectivity index (χ2n) is 8.70. The van der Waals surface area contributed by atoms with E-state index in [4.69, 9.17) is 0 Å². The molecule has 3 heterocycles. The van der Waals surface area contributed by atoms with Crippen LogP contribution in [0.3, 0.4) is 0 Å². The Bertz CT molecular complexity index is 1020. The molecule has 9 heteroatoms. The molecule has 2 fully saturated rings. The molecule has 0 bridgehead atoms. The van der Waals surface area contributed by atoms with Crippen LogP contribution < -0.4 is 5.32 Å². The lowest BCUT2D eigenvalue weighted by atomic mass is 10.0. The van der Waals surface area contributed by atoms with Gasteiger partial charge in [-0.1, -0.05) is 24.6 Å². The number of carbonyl (C=O) groups is 1. The SMILES string of the molecule is Cc1ccc(S(=O)(=O)N2CCC[C@H]2C(=O)Nc2nc(CN3CCCC(C)C3)cs2)cc1. The Morgan fingerprint density at radius 3 is 2.68 bits per heavy atom. The fourth-order valence-corrected chi connectivity index (χ4v) is 6.78. The second kappa shape index (κ2) is 9.36. The molecule has 2 saturated heterocycles. The lowest BCUT2D eigenvalue weighted by molar-refractivity contribution is -0.119. The van der Waals surface area contributed by atoms with Crippen LogP contribution in [0.2, 0.25) is 0 Å². The molecule has 0 spiro atoms. The van der Waals surface area contributed by atoms with Gasteiger partial charge in [0.25, 0.3) is 0 Å². The summed E-state index contributed by atoms with van der Waals surface area (Å²) in [4.78, 5) is 20.1. The predicted molar refractivity (Wildman–Crippen MR) is 123 cm³/mol. The Balaban J connectivity index is 1.41. The second-order valence-corrected chi connectivity index (χ2v) is 11.5. The minimum absolute atomic E-state index is 0.227. The zero-order chi connectivity index (χ0) is 22.0. The third kappa shape index (κ3) is 5.16. The maximum Gasteiger partial charge on any atom is 0.244 e. The maximum atomic E-state index is 13.1. The summed E-state index contributed by atoms with van der Waals surface area (Å²) >= 11 is 1.40. The largest absolute Gasteiger partial charge is 0.301 e. The molecule has 1 aromatic carbocycles. The number of benzene rings is 1. The first kappa shape index (κ1) is 22.4. The monoisotopic (exact) mass is 462 g/mol. The molecule has 1 aromatic heterocycles. The van der Waals surface area contributed by atoms with Gasteiger partial charge >= 0.3 is 0 Å². The number of piperidine rings is 1. The van der Waals surface area contributed by atoms with E-state index in [1.807, 2.05) is 12.3 Å². The number of sulfonamides is 1. The summed E-state index contributed by atoms with van der Waals surface area (Å²) in [6, 6.07) is 6.05. The van der Waals surface area contributed by atoms with E-state index in [2.05, 4.69) is 22.1 Å². The first-order valence-electron chi connectivity index (χ1n) is 10.9. The van der Waals surface area contributed by atoms with E-state index in [0.29, 0.717) is 30.4 Å². The van der Waals surface area contributed by atoms with E-state index in [-0.39, 0.29) is 10.8 Å². The van der Waals surface area contributed by atoms with Gasteiger partial charge in [-0.25, -0.2) is 13.4 Å². The normalized spacial score (nSPS) is 23.2. The van der Waals surface area contributed by atoms with E-state index in [1.54, 1.807) is 24.3 Å². The summed E-state index contributed by atoms with van der Waals surface area (Å²) in [5, 5.41) is 5.37. The standard InChI is InChI=1S/C22H30N4O3S2/c1-16-7-9-19(10-8-16)31(28,29)26-12-4-6-20(26)21(27)24-22-23-18(15-30-22)14-25-11-3-5-17(2)13-25/h7-10,15,17,20H,3-6,11-14H2,1-2H3,(H,23,24,27)/t17?,20-/m0/s1. The number of amides is 1. The Labute approximate surface area is 188 Å². The Hall–Kier alpha value is -1.81. The molecule has 1 N–H and O–H groups in total. The van der Waals surface area contributed by atoms with Gasteiger partial charge in [-0.05, 0) is 57.2 Å². The van der Waals surface area contributed by atoms with Crippen LogP contribution in [-0.4, -0.2) is 54.2 Å². The molecular weight excluding hydrogens is 432 g/mol. The highest BCUT2D eigenvalue weighted by atomic mass is 32.2. The molecule has 0 aliphatic carbocycles. The molecule has 1 unspecified atom stereocenters. The van der Waals surface area contributed by atoms with Crippen LogP contribution in [-0.2, 0) is 21.4 Å². The topological polar surface area (TPSA) is 82.6 Å². The van der Waals surface area contributed by atoms with Gasteiger partial charge in [0.1, 0.15) is 6.04 Å². The highest BCUT2D eigenvalue weighted by molar-refractivity contribution is 7.89. The van der Waals surface area contributed by atoms with Crippen molar-refractivity contribution >= 4 is 32.4 Å². The zero-order valence-corrected chi connectivity index (χ0v) is 19.7. The zero-order valence-electron chi connectivity index (χ0n) is 18.1. The van der Waals surface area contributed by atoms with Crippen molar-refractivity contribution in [3.05, 3.63) is 40.9 Å². The minimum atomic E-state index is -3.71. The van der Waals surface area contributed by atoms with Gasteiger partial charge in [-0.2, -0.15) is 4.31 Å². The third-order valence-corrected chi connectivity index (χ3v) is 8.77. The van der Waals surface area contributed by atoms with Crippen LogP contribution in [0.5, 0.6) is 0 Å². The summed E-state index contributed by atoms with van der Waals surface area (Å²) in [6.07, 6.45) is 3.67. The van der Waals surface area contributed by atoms with E-state index >= 15 is 0 Å². The van der Waals surface area contributed by atoms with Crippen LogP contribution in [0.4, 0.5) is 5.13 Å². The molecule has 7 nitrogen and oxygen atoms in total. The number of carbonyl (C=O) groups excluding carboxylic acids is 1. The van der Waals surface area contributed by atoms with Crippen molar-refractivity contribution in [1.82, 2.24) is 14.2 Å². The predicted octanol–water partition coefficient (Wildman–Crippen LogP) is 3.48. The Morgan fingerprint density at radius 1 is 1.19 bits per heavy atom. The fourth-order valence-electron chi connectivity index (χ4n) is 4.42. The molecule has 2 aliphatic rings. The van der Waals surface area contributed by atoms with E-state index in [1.165, 1.54) is 28.5 Å². The van der Waals surface area contributed by atoms with Gasteiger partial charge in [-0.3, -0.25) is 9.69 Å². The van der Waals surface area contributed by atoms with Crippen LogP contribution in [0.25, 0.3) is 0 Å². The van der Waals surface area contributed by atoms with Crippen molar-refractivity contribution in [2.45, 2.75) is 57.0 Å². The van der Waals surface area contributed by atoms with Crippen molar-refractivity contribution in [1.29, 1.82) is 0 Å². The van der Waals surface area contributed by atoms with E-state index in [9.17, 15) is 13.2 Å². The van der Waals surface area contributed by atoms with Gasteiger partial charge in [0.05, 0.1) is 10.6 Å².